The zero-order valence-electron chi connectivity index (χ0n) is 10.3. The number of aryl methyl sites for hydroxylation is 1. The largest absolute Gasteiger partial charge is 0.496 e. The third-order valence-corrected chi connectivity index (χ3v) is 3.39. The topological polar surface area (TPSA) is 21.3 Å². The first-order valence-electron chi connectivity index (χ1n) is 6.23. The first-order valence-corrected chi connectivity index (χ1v) is 6.23. The Bertz CT molecular complexity index is 343. The van der Waals surface area contributed by atoms with Crippen LogP contribution < -0.4 is 10.1 Å². The van der Waals surface area contributed by atoms with Crippen molar-refractivity contribution in [1.29, 1.82) is 0 Å². The Morgan fingerprint density at radius 1 is 1.38 bits per heavy atom. The highest BCUT2D eigenvalue weighted by molar-refractivity contribution is 5.42. The zero-order chi connectivity index (χ0) is 11.4. The number of ether oxygens (including phenoxy) is 1. The van der Waals surface area contributed by atoms with Gasteiger partial charge in [-0.3, -0.25) is 0 Å². The second-order valence-corrected chi connectivity index (χ2v) is 4.46. The van der Waals surface area contributed by atoms with Crippen LogP contribution in [0.2, 0.25) is 0 Å². The Labute approximate surface area is 98.0 Å². The minimum Gasteiger partial charge on any atom is -0.496 e. The zero-order valence-corrected chi connectivity index (χ0v) is 10.3. The number of hydrogen-bond donors (Lipinski definition) is 1. The molecule has 0 saturated carbocycles. The monoisotopic (exact) mass is 219 g/mol. The fraction of sp³-hybridized carbons (Fsp3) is 0.571. The lowest BCUT2D eigenvalue weighted by molar-refractivity contribution is 0.402. The molecule has 1 fully saturated rings. The molecule has 0 amide bonds. The summed E-state index contributed by atoms with van der Waals surface area (Å²) in [5.41, 5.74) is 2.67. The molecule has 2 rings (SSSR count). The van der Waals surface area contributed by atoms with Crippen LogP contribution in [0.3, 0.4) is 0 Å². The van der Waals surface area contributed by atoms with Crippen LogP contribution in [0.5, 0.6) is 5.75 Å². The summed E-state index contributed by atoms with van der Waals surface area (Å²) in [5, 5.41) is 3.54. The van der Waals surface area contributed by atoms with E-state index in [1.165, 1.54) is 30.5 Å². The molecule has 1 heterocycles. The van der Waals surface area contributed by atoms with Crippen LogP contribution in [0, 0.1) is 0 Å². The normalized spacial score (nSPS) is 20.0. The second kappa shape index (κ2) is 5.35. The van der Waals surface area contributed by atoms with Crippen molar-refractivity contribution >= 4 is 0 Å². The van der Waals surface area contributed by atoms with Crippen molar-refractivity contribution in [3.05, 3.63) is 29.3 Å². The van der Waals surface area contributed by atoms with Crippen molar-refractivity contribution in [1.82, 2.24) is 5.32 Å². The number of methoxy groups -OCH3 is 1. The fourth-order valence-corrected chi connectivity index (χ4v) is 2.54. The van der Waals surface area contributed by atoms with Crippen LogP contribution in [0.15, 0.2) is 18.2 Å². The molecular formula is C14H21NO. The lowest BCUT2D eigenvalue weighted by Crippen LogP contribution is -2.23. The van der Waals surface area contributed by atoms with Gasteiger partial charge in [0, 0.05) is 6.04 Å². The fourth-order valence-electron chi connectivity index (χ4n) is 2.54. The summed E-state index contributed by atoms with van der Waals surface area (Å²) in [6.45, 7) is 3.34. The van der Waals surface area contributed by atoms with Crippen LogP contribution in [0.1, 0.15) is 30.9 Å². The number of benzene rings is 1. The van der Waals surface area contributed by atoms with Crippen molar-refractivity contribution in [2.24, 2.45) is 0 Å². The molecule has 0 spiro atoms. The molecule has 16 heavy (non-hydrogen) atoms. The summed E-state index contributed by atoms with van der Waals surface area (Å²) in [5.74, 6) is 1.10. The van der Waals surface area contributed by atoms with Gasteiger partial charge in [-0.25, -0.2) is 0 Å². The van der Waals surface area contributed by atoms with Crippen LogP contribution in [0.4, 0.5) is 0 Å². The number of nitrogens with one attached hydrogen (secondary N) is 1. The molecule has 88 valence electrons. The van der Waals surface area contributed by atoms with Crippen LogP contribution in [-0.4, -0.2) is 19.7 Å². The average molecular weight is 219 g/mol. The SMILES string of the molecule is CCc1cccc(CC2CCCN2)c1OC. The summed E-state index contributed by atoms with van der Waals surface area (Å²) in [6, 6.07) is 7.13. The van der Waals surface area contributed by atoms with E-state index in [0.717, 1.165) is 18.6 Å². The number of hydrogen-bond acceptors (Lipinski definition) is 2. The minimum absolute atomic E-state index is 0.640. The van der Waals surface area contributed by atoms with Gasteiger partial charge in [-0.05, 0) is 43.4 Å². The predicted octanol–water partition coefficient (Wildman–Crippen LogP) is 2.55. The molecule has 0 radical (unpaired) electrons. The molecule has 0 bridgehead atoms. The molecule has 2 heteroatoms. The lowest BCUT2D eigenvalue weighted by Gasteiger charge is -2.15. The van der Waals surface area contributed by atoms with Crippen molar-refractivity contribution in [3.8, 4) is 5.75 Å². The molecule has 2 nitrogen and oxygen atoms in total. The molecule has 1 N–H and O–H groups in total. The summed E-state index contributed by atoms with van der Waals surface area (Å²) in [7, 11) is 1.78. The van der Waals surface area contributed by atoms with Gasteiger partial charge in [-0.2, -0.15) is 0 Å². The first-order chi connectivity index (χ1) is 7.85. The van der Waals surface area contributed by atoms with E-state index in [-0.39, 0.29) is 0 Å². The summed E-state index contributed by atoms with van der Waals surface area (Å²) < 4.78 is 5.55. The summed E-state index contributed by atoms with van der Waals surface area (Å²) in [4.78, 5) is 0. The molecule has 1 aliphatic rings. The van der Waals surface area contributed by atoms with Crippen molar-refractivity contribution in [2.45, 2.75) is 38.6 Å². The van der Waals surface area contributed by atoms with E-state index in [9.17, 15) is 0 Å². The van der Waals surface area contributed by atoms with Gasteiger partial charge >= 0.3 is 0 Å². The van der Waals surface area contributed by atoms with E-state index >= 15 is 0 Å². The maximum absolute atomic E-state index is 5.55. The van der Waals surface area contributed by atoms with Crippen LogP contribution in [-0.2, 0) is 12.8 Å². The van der Waals surface area contributed by atoms with Crippen molar-refractivity contribution < 1.29 is 4.74 Å². The highest BCUT2D eigenvalue weighted by Gasteiger charge is 2.17. The van der Waals surface area contributed by atoms with E-state index in [1.54, 1.807) is 7.11 Å². The number of rotatable bonds is 4. The molecule has 0 aromatic heterocycles. The van der Waals surface area contributed by atoms with E-state index in [1.807, 2.05) is 0 Å². The van der Waals surface area contributed by atoms with Crippen molar-refractivity contribution in [3.63, 3.8) is 0 Å². The molecule has 1 aromatic rings. The van der Waals surface area contributed by atoms with Gasteiger partial charge in [0.05, 0.1) is 7.11 Å². The maximum atomic E-state index is 5.55. The van der Waals surface area contributed by atoms with Crippen molar-refractivity contribution in [2.75, 3.05) is 13.7 Å². The molecule has 1 aliphatic heterocycles. The van der Waals surface area contributed by atoms with E-state index < -0.39 is 0 Å². The highest BCUT2D eigenvalue weighted by Crippen LogP contribution is 2.26. The van der Waals surface area contributed by atoms with Gasteiger partial charge in [0.1, 0.15) is 5.75 Å². The van der Waals surface area contributed by atoms with Gasteiger partial charge in [-0.1, -0.05) is 25.1 Å². The Morgan fingerprint density at radius 3 is 2.81 bits per heavy atom. The quantitative estimate of drug-likeness (QED) is 0.840. The van der Waals surface area contributed by atoms with Gasteiger partial charge in [0.15, 0.2) is 0 Å². The summed E-state index contributed by atoms with van der Waals surface area (Å²) >= 11 is 0. The lowest BCUT2D eigenvalue weighted by atomic mass is 10.00. The minimum atomic E-state index is 0.640. The maximum Gasteiger partial charge on any atom is 0.125 e. The average Bonchev–Trinajstić information content (AvgIpc) is 2.81. The van der Waals surface area contributed by atoms with Crippen LogP contribution in [0.25, 0.3) is 0 Å². The molecule has 1 saturated heterocycles. The Kier molecular flexibility index (Phi) is 3.83. The number of para-hydroxylation sites is 1. The molecule has 1 unspecified atom stereocenters. The molecule has 0 aliphatic carbocycles. The summed E-state index contributed by atoms with van der Waals surface area (Å²) in [6.07, 6.45) is 4.73. The van der Waals surface area contributed by atoms with E-state index in [2.05, 4.69) is 30.4 Å². The molecular weight excluding hydrogens is 198 g/mol. The Balaban J connectivity index is 2.18. The predicted molar refractivity (Wildman–Crippen MR) is 67.1 cm³/mol. The Morgan fingerprint density at radius 2 is 2.19 bits per heavy atom. The third kappa shape index (κ3) is 2.38. The standard InChI is InChI=1S/C14H21NO/c1-3-11-6-4-7-12(14(11)16-2)10-13-8-5-9-15-13/h4,6-7,13,15H,3,5,8-10H2,1-2H3. The third-order valence-electron chi connectivity index (χ3n) is 3.39. The smallest absolute Gasteiger partial charge is 0.125 e. The van der Waals surface area contributed by atoms with Crippen LogP contribution >= 0.6 is 0 Å². The first kappa shape index (κ1) is 11.5. The van der Waals surface area contributed by atoms with Gasteiger partial charge in [0.25, 0.3) is 0 Å². The second-order valence-electron chi connectivity index (χ2n) is 4.46. The molecule has 1 atom stereocenters. The van der Waals surface area contributed by atoms with Gasteiger partial charge in [0.2, 0.25) is 0 Å². The Hall–Kier alpha value is -1.02. The van der Waals surface area contributed by atoms with E-state index in [0.29, 0.717) is 6.04 Å². The van der Waals surface area contributed by atoms with Gasteiger partial charge < -0.3 is 10.1 Å². The molecule has 1 aromatic carbocycles. The highest BCUT2D eigenvalue weighted by atomic mass is 16.5. The van der Waals surface area contributed by atoms with E-state index in [4.69, 9.17) is 4.74 Å². The van der Waals surface area contributed by atoms with Gasteiger partial charge in [-0.15, -0.1) is 0 Å².